The van der Waals surface area contributed by atoms with Crippen LogP contribution in [0.1, 0.15) is 309 Å². The SMILES string of the molecule is CC/C=C\C/C=C\C/C=C\C/C=C\C/C=C\CCCCCCCCCCCCCCCCCCCCCCCCCC(=O)OC(COC(=O)CCCCCCCCCCC/C=C\C/C=C\C/C=C\C/C=C\C/C=C\CC)COP(=O)([O-])OCC[N+](C)(C)C. The van der Waals surface area contributed by atoms with Crippen molar-refractivity contribution in [2.75, 3.05) is 47.5 Å². The molecule has 0 rings (SSSR count). The summed E-state index contributed by atoms with van der Waals surface area (Å²) >= 11 is 0. The first kappa shape index (κ1) is 84.4. The summed E-state index contributed by atoms with van der Waals surface area (Å²) in [6, 6.07) is 0. The highest BCUT2D eigenvalue weighted by molar-refractivity contribution is 7.45. The molecular formula is C78H136NO8P. The lowest BCUT2D eigenvalue weighted by molar-refractivity contribution is -0.870. The Morgan fingerprint density at radius 2 is 0.614 bits per heavy atom. The highest BCUT2D eigenvalue weighted by Gasteiger charge is 2.22. The molecule has 0 amide bonds. The topological polar surface area (TPSA) is 111 Å². The van der Waals surface area contributed by atoms with Crippen LogP contribution in [0.25, 0.3) is 0 Å². The Labute approximate surface area is 543 Å². The lowest BCUT2D eigenvalue weighted by Gasteiger charge is -2.28. The number of nitrogens with zero attached hydrogens (tertiary/aromatic N) is 1. The number of phosphoric ester groups is 1. The molecule has 88 heavy (non-hydrogen) atoms. The van der Waals surface area contributed by atoms with Gasteiger partial charge in [-0.1, -0.05) is 315 Å². The van der Waals surface area contributed by atoms with E-state index < -0.39 is 26.5 Å². The van der Waals surface area contributed by atoms with E-state index in [-0.39, 0.29) is 32.0 Å². The van der Waals surface area contributed by atoms with E-state index in [0.29, 0.717) is 17.4 Å². The van der Waals surface area contributed by atoms with Crippen molar-refractivity contribution in [1.29, 1.82) is 0 Å². The van der Waals surface area contributed by atoms with Gasteiger partial charge in [0.15, 0.2) is 6.10 Å². The zero-order chi connectivity index (χ0) is 64.1. The molecule has 0 aromatic carbocycles. The maximum Gasteiger partial charge on any atom is 0.306 e. The number of rotatable bonds is 66. The summed E-state index contributed by atoms with van der Waals surface area (Å²) < 4.78 is 34.3. The van der Waals surface area contributed by atoms with Gasteiger partial charge in [0, 0.05) is 12.8 Å². The van der Waals surface area contributed by atoms with E-state index in [9.17, 15) is 19.0 Å². The van der Waals surface area contributed by atoms with Crippen molar-refractivity contribution in [2.45, 2.75) is 315 Å². The van der Waals surface area contributed by atoms with Crippen molar-refractivity contribution < 1.29 is 42.1 Å². The first-order valence-corrected chi connectivity index (χ1v) is 37.7. The van der Waals surface area contributed by atoms with E-state index in [1.165, 1.54) is 161 Å². The molecule has 2 atom stereocenters. The maximum absolute atomic E-state index is 12.9. The predicted octanol–water partition coefficient (Wildman–Crippen LogP) is 23.2. The Bertz CT molecular complexity index is 1900. The third-order valence-corrected chi connectivity index (χ3v) is 16.4. The number of likely N-dealkylation sites (N-methyl/N-ethyl adjacent to an activating group) is 1. The molecule has 0 bridgehead atoms. The Kier molecular flexibility index (Phi) is 65.0. The Morgan fingerprint density at radius 1 is 0.352 bits per heavy atom. The molecule has 9 nitrogen and oxygen atoms in total. The zero-order valence-electron chi connectivity index (χ0n) is 57.6. The molecule has 0 spiro atoms. The molecule has 0 N–H and O–H groups in total. The highest BCUT2D eigenvalue weighted by Crippen LogP contribution is 2.38. The van der Waals surface area contributed by atoms with Gasteiger partial charge in [-0.2, -0.15) is 0 Å². The van der Waals surface area contributed by atoms with E-state index in [1.807, 2.05) is 21.1 Å². The minimum atomic E-state index is -4.65. The van der Waals surface area contributed by atoms with Crippen LogP contribution in [-0.4, -0.2) is 70.0 Å². The molecule has 10 heteroatoms. The Hall–Kier alpha value is -3.59. The first-order valence-electron chi connectivity index (χ1n) is 36.2. The van der Waals surface area contributed by atoms with Gasteiger partial charge in [0.05, 0.1) is 27.7 Å². The van der Waals surface area contributed by atoms with Gasteiger partial charge in [-0.25, -0.2) is 0 Å². The van der Waals surface area contributed by atoms with E-state index in [0.717, 1.165) is 116 Å². The van der Waals surface area contributed by atoms with Crippen molar-refractivity contribution in [3.05, 3.63) is 122 Å². The average molecular weight is 1250 g/mol. The second-order valence-corrected chi connectivity index (χ2v) is 26.6. The highest BCUT2D eigenvalue weighted by atomic mass is 31.2. The third-order valence-electron chi connectivity index (χ3n) is 15.5. The molecular weight excluding hydrogens is 1110 g/mol. The number of ether oxygens (including phenoxy) is 2. The van der Waals surface area contributed by atoms with Crippen LogP contribution in [0.2, 0.25) is 0 Å². The lowest BCUT2D eigenvalue weighted by Crippen LogP contribution is -2.37. The van der Waals surface area contributed by atoms with Crippen molar-refractivity contribution in [3.8, 4) is 0 Å². The van der Waals surface area contributed by atoms with Crippen molar-refractivity contribution in [3.63, 3.8) is 0 Å². The van der Waals surface area contributed by atoms with Crippen LogP contribution in [0.15, 0.2) is 122 Å². The minimum absolute atomic E-state index is 0.0350. The molecule has 0 aromatic heterocycles. The molecule has 0 heterocycles. The van der Waals surface area contributed by atoms with Crippen LogP contribution in [0.3, 0.4) is 0 Å². The Morgan fingerprint density at radius 3 is 0.909 bits per heavy atom. The molecule has 0 fully saturated rings. The fraction of sp³-hybridized carbons (Fsp3) is 0.718. The molecule has 0 saturated carbocycles. The molecule has 0 aromatic rings. The lowest BCUT2D eigenvalue weighted by atomic mass is 10.0. The molecule has 2 unspecified atom stereocenters. The van der Waals surface area contributed by atoms with Crippen LogP contribution >= 0.6 is 7.82 Å². The van der Waals surface area contributed by atoms with Gasteiger partial charge in [0.1, 0.15) is 19.8 Å². The number of unbranched alkanes of at least 4 members (excludes halogenated alkanes) is 32. The fourth-order valence-corrected chi connectivity index (χ4v) is 10.7. The number of allylic oxidation sites excluding steroid dienone is 20. The number of hydrogen-bond acceptors (Lipinski definition) is 8. The number of phosphoric acid groups is 1. The summed E-state index contributed by atoms with van der Waals surface area (Å²) in [5.41, 5.74) is 0. The fourth-order valence-electron chi connectivity index (χ4n) is 10.0. The number of hydrogen-bond donors (Lipinski definition) is 0. The number of esters is 2. The quantitative estimate of drug-likeness (QED) is 0.0195. The van der Waals surface area contributed by atoms with Gasteiger partial charge in [0.2, 0.25) is 0 Å². The summed E-state index contributed by atoms with van der Waals surface area (Å²) in [6.07, 6.45) is 97.2. The maximum atomic E-state index is 12.9. The normalized spacial score (nSPS) is 13.8. The van der Waals surface area contributed by atoms with Gasteiger partial charge in [0.25, 0.3) is 7.82 Å². The van der Waals surface area contributed by atoms with Gasteiger partial charge < -0.3 is 27.9 Å². The van der Waals surface area contributed by atoms with Gasteiger partial charge in [-0.15, -0.1) is 0 Å². The van der Waals surface area contributed by atoms with Crippen LogP contribution < -0.4 is 4.89 Å². The Balaban J connectivity index is 3.98. The van der Waals surface area contributed by atoms with E-state index >= 15 is 0 Å². The molecule has 0 saturated heterocycles. The second kappa shape index (κ2) is 67.8. The second-order valence-electron chi connectivity index (χ2n) is 25.2. The standard InChI is InChI=1S/C78H136NO8P/c1-6-8-10-12-14-16-18-20-22-24-26-28-30-32-33-34-35-36-37-38-39-40-41-42-43-44-45-47-49-51-53-55-57-59-61-63-65-67-69-71-78(81)87-76(75-86-88(82,83)85-73-72-79(3,4)5)74-84-77(80)70-68-66-64-62-60-58-56-54-52-50-48-46-31-29-27-25-23-21-19-17-15-13-11-9-7-2/h8-11,14-17,20-23,26-29,32-33,46,48,76H,6-7,12-13,18-19,24-25,30-31,34-45,47,49-75H2,1-5H3/b10-8-,11-9-,16-14-,17-15-,22-20-,23-21-,28-26-,29-27-,33-32-,48-46-. The third kappa shape index (κ3) is 71.5. The molecule has 0 aliphatic carbocycles. The van der Waals surface area contributed by atoms with Crippen LogP contribution in [0.5, 0.6) is 0 Å². The summed E-state index contributed by atoms with van der Waals surface area (Å²) in [7, 11) is 1.16. The van der Waals surface area contributed by atoms with Crippen molar-refractivity contribution >= 4 is 19.8 Å². The molecule has 0 aliphatic heterocycles. The molecule has 506 valence electrons. The number of carbonyl (C=O) groups excluding carboxylic acids is 2. The predicted molar refractivity (Wildman–Crippen MR) is 378 cm³/mol. The first-order chi connectivity index (χ1) is 43.0. The van der Waals surface area contributed by atoms with E-state index in [1.54, 1.807) is 0 Å². The molecule has 0 aliphatic rings. The van der Waals surface area contributed by atoms with E-state index in [2.05, 4.69) is 135 Å². The van der Waals surface area contributed by atoms with Crippen molar-refractivity contribution in [2.24, 2.45) is 0 Å². The summed E-state index contributed by atoms with van der Waals surface area (Å²) in [5, 5.41) is 0. The van der Waals surface area contributed by atoms with Crippen LogP contribution in [0.4, 0.5) is 0 Å². The number of carbonyl (C=O) groups is 2. The van der Waals surface area contributed by atoms with Crippen LogP contribution in [0, 0.1) is 0 Å². The minimum Gasteiger partial charge on any atom is -0.756 e. The van der Waals surface area contributed by atoms with Gasteiger partial charge in [-0.3, -0.25) is 14.2 Å². The smallest absolute Gasteiger partial charge is 0.306 e. The summed E-state index contributed by atoms with van der Waals surface area (Å²) in [4.78, 5) is 38.1. The summed E-state index contributed by atoms with van der Waals surface area (Å²) in [6.45, 7) is 4.03. The molecule has 0 radical (unpaired) electrons. The summed E-state index contributed by atoms with van der Waals surface area (Å²) in [5.74, 6) is -0.834. The van der Waals surface area contributed by atoms with Crippen molar-refractivity contribution in [1.82, 2.24) is 0 Å². The number of quaternary nitrogens is 1. The monoisotopic (exact) mass is 1250 g/mol. The largest absolute Gasteiger partial charge is 0.756 e. The van der Waals surface area contributed by atoms with E-state index in [4.69, 9.17) is 18.5 Å². The zero-order valence-corrected chi connectivity index (χ0v) is 58.5. The van der Waals surface area contributed by atoms with Gasteiger partial charge >= 0.3 is 11.9 Å². The average Bonchev–Trinajstić information content (AvgIpc) is 3.68. The van der Waals surface area contributed by atoms with Gasteiger partial charge in [-0.05, 0) is 103 Å². The van der Waals surface area contributed by atoms with Crippen LogP contribution in [-0.2, 0) is 32.7 Å².